The first-order valence-electron chi connectivity index (χ1n) is 19.3. The standard InChI is InChI=1S/C40H59N5O10S/c1-9-24(4)35(43-37(50)32-12-10-11-17-44(32)8)39(51)45(22-54-26(6)46)33(23(2)3)20-34(55-27(7)47)38-42-31(21-56-38)36(49)41-29(18-25(5)40(52)53)19-28-13-15-30(48)16-14-28/h13-16,21,23-25,29,32-35,48H,9-12,17-20,22H2,1-8H3,(H,41,49)(H,43,50)(H,52,53)/t24-,25-,29+,32?,33+,34+,35-/m0/s1. The van der Waals surface area contributed by atoms with Crippen molar-refractivity contribution in [3.8, 4) is 5.75 Å². The summed E-state index contributed by atoms with van der Waals surface area (Å²) in [6.07, 6.45) is 2.60. The topological polar surface area (TPSA) is 205 Å². The lowest BCUT2D eigenvalue weighted by molar-refractivity contribution is -0.159. The molecule has 0 saturated carbocycles. The molecule has 0 spiro atoms. The summed E-state index contributed by atoms with van der Waals surface area (Å²) in [5, 5.41) is 27.0. The van der Waals surface area contributed by atoms with Crippen LogP contribution in [-0.4, -0.2) is 105 Å². The SMILES string of the molecule is CC[C@H](C)[C@H](NC(=O)C1CCCCN1C)C(=O)N(COC(C)=O)[C@H](C[C@@H](OC(C)=O)c1nc(C(=O)N[C@@H](Cc2ccc(O)cc2)C[C@H](C)C(=O)O)cs1)C(C)C. The first kappa shape index (κ1) is 45.8. The van der Waals surface area contributed by atoms with Crippen LogP contribution in [-0.2, 0) is 39.9 Å². The number of aromatic hydroxyl groups is 1. The third kappa shape index (κ3) is 13.6. The third-order valence-corrected chi connectivity index (χ3v) is 11.3. The number of likely N-dealkylation sites (N-methyl/N-ethyl adjacent to an activating group) is 1. The molecule has 1 aromatic heterocycles. The van der Waals surface area contributed by atoms with Gasteiger partial charge in [-0.1, -0.05) is 59.6 Å². The average Bonchev–Trinajstić information content (AvgIpc) is 3.64. The summed E-state index contributed by atoms with van der Waals surface area (Å²) >= 11 is 1.09. The highest BCUT2D eigenvalue weighted by Crippen LogP contribution is 2.32. The Morgan fingerprint density at radius 2 is 1.68 bits per heavy atom. The van der Waals surface area contributed by atoms with Gasteiger partial charge in [-0.05, 0) is 68.8 Å². The van der Waals surface area contributed by atoms with Crippen molar-refractivity contribution in [1.29, 1.82) is 0 Å². The number of carbonyl (C=O) groups excluding carboxylic acids is 5. The number of phenols is 1. The van der Waals surface area contributed by atoms with Crippen molar-refractivity contribution in [1.82, 2.24) is 25.4 Å². The molecule has 0 radical (unpaired) electrons. The van der Waals surface area contributed by atoms with Crippen LogP contribution in [0.1, 0.15) is 114 Å². The highest BCUT2D eigenvalue weighted by atomic mass is 32.1. The fraction of sp³-hybridized carbons (Fsp3) is 0.625. The molecule has 1 unspecified atom stereocenters. The van der Waals surface area contributed by atoms with Gasteiger partial charge in [0, 0.05) is 37.7 Å². The highest BCUT2D eigenvalue weighted by molar-refractivity contribution is 7.09. The second-order valence-electron chi connectivity index (χ2n) is 15.2. The number of carboxylic acid groups (broad SMARTS) is 1. The average molecular weight is 802 g/mol. The molecule has 0 aliphatic carbocycles. The molecule has 15 nitrogen and oxygen atoms in total. The Kier molecular flexibility index (Phi) is 17.7. The van der Waals surface area contributed by atoms with Crippen LogP contribution in [0, 0.1) is 17.8 Å². The Bertz CT molecular complexity index is 1650. The monoisotopic (exact) mass is 801 g/mol. The maximum absolute atomic E-state index is 14.6. The largest absolute Gasteiger partial charge is 0.508 e. The molecular weight excluding hydrogens is 743 g/mol. The van der Waals surface area contributed by atoms with E-state index in [1.54, 1.807) is 19.1 Å². The Morgan fingerprint density at radius 1 is 1.00 bits per heavy atom. The number of hydrogen-bond acceptors (Lipinski definition) is 12. The summed E-state index contributed by atoms with van der Waals surface area (Å²) in [7, 11) is 1.89. The predicted molar refractivity (Wildman–Crippen MR) is 209 cm³/mol. The van der Waals surface area contributed by atoms with Crippen LogP contribution in [0.5, 0.6) is 5.75 Å². The van der Waals surface area contributed by atoms with Crippen LogP contribution >= 0.6 is 11.3 Å². The molecule has 4 N–H and O–H groups in total. The minimum absolute atomic E-state index is 0.0296. The molecule has 3 amide bonds. The van der Waals surface area contributed by atoms with E-state index in [0.717, 1.165) is 36.3 Å². The number of nitrogens with zero attached hydrogens (tertiary/aromatic N) is 3. The maximum atomic E-state index is 14.6. The summed E-state index contributed by atoms with van der Waals surface area (Å²) in [5.41, 5.74) is 0.811. The minimum Gasteiger partial charge on any atom is -0.508 e. The van der Waals surface area contributed by atoms with E-state index in [-0.39, 0.29) is 53.1 Å². The van der Waals surface area contributed by atoms with E-state index in [0.29, 0.717) is 19.3 Å². The minimum atomic E-state index is -1.01. The Morgan fingerprint density at radius 3 is 2.25 bits per heavy atom. The lowest BCUT2D eigenvalue weighted by Gasteiger charge is -2.39. The molecule has 3 rings (SSSR count). The quantitative estimate of drug-likeness (QED) is 0.106. The number of carbonyl (C=O) groups is 6. The number of nitrogens with one attached hydrogen (secondary N) is 2. The van der Waals surface area contributed by atoms with Gasteiger partial charge in [-0.2, -0.15) is 0 Å². The van der Waals surface area contributed by atoms with Gasteiger partial charge in [0.25, 0.3) is 5.91 Å². The molecule has 56 heavy (non-hydrogen) atoms. The Labute approximate surface area is 333 Å². The molecule has 7 atom stereocenters. The number of thiazole rings is 1. The number of phenolic OH excluding ortho intramolecular Hbond substituents is 1. The van der Waals surface area contributed by atoms with Crippen LogP contribution in [0.25, 0.3) is 0 Å². The number of esters is 2. The zero-order valence-electron chi connectivity index (χ0n) is 33.8. The normalized spacial score (nSPS) is 17.8. The van der Waals surface area contributed by atoms with E-state index in [4.69, 9.17) is 9.47 Å². The van der Waals surface area contributed by atoms with Gasteiger partial charge in [0.2, 0.25) is 11.8 Å². The summed E-state index contributed by atoms with van der Waals surface area (Å²) in [4.78, 5) is 86.0. The summed E-state index contributed by atoms with van der Waals surface area (Å²) in [6, 6.07) is 3.84. The summed E-state index contributed by atoms with van der Waals surface area (Å²) < 4.78 is 11.2. The number of likely N-dealkylation sites (tertiary alicyclic amines) is 1. The van der Waals surface area contributed by atoms with Crippen LogP contribution in [0.2, 0.25) is 0 Å². The van der Waals surface area contributed by atoms with Crippen molar-refractivity contribution < 1.29 is 48.5 Å². The fourth-order valence-corrected chi connectivity index (χ4v) is 7.65. The lowest BCUT2D eigenvalue weighted by Crippen LogP contribution is -2.59. The Balaban J connectivity index is 1.92. The number of amides is 3. The Hall–Kier alpha value is -4.57. The zero-order chi connectivity index (χ0) is 41.7. The lowest BCUT2D eigenvalue weighted by atomic mass is 9.92. The van der Waals surface area contributed by atoms with Gasteiger partial charge in [-0.15, -0.1) is 11.3 Å². The van der Waals surface area contributed by atoms with Gasteiger partial charge in [0.15, 0.2) is 12.8 Å². The highest BCUT2D eigenvalue weighted by Gasteiger charge is 2.39. The van der Waals surface area contributed by atoms with Crippen molar-refractivity contribution in [2.75, 3.05) is 20.3 Å². The van der Waals surface area contributed by atoms with E-state index in [1.165, 1.54) is 36.3 Å². The van der Waals surface area contributed by atoms with Crippen LogP contribution in [0.3, 0.4) is 0 Å². The second-order valence-corrected chi connectivity index (χ2v) is 16.1. The number of rotatable bonds is 20. The number of ether oxygens (including phenoxy) is 2. The van der Waals surface area contributed by atoms with Crippen molar-refractivity contribution in [3.05, 3.63) is 45.9 Å². The van der Waals surface area contributed by atoms with Crippen LogP contribution in [0.4, 0.5) is 0 Å². The first-order chi connectivity index (χ1) is 26.4. The molecule has 2 aromatic rings. The van der Waals surface area contributed by atoms with Crippen LogP contribution < -0.4 is 10.6 Å². The molecule has 1 aliphatic rings. The third-order valence-electron chi connectivity index (χ3n) is 10.3. The van der Waals surface area contributed by atoms with Crippen molar-refractivity contribution in [2.24, 2.45) is 17.8 Å². The summed E-state index contributed by atoms with van der Waals surface area (Å²) in [5.74, 6) is -4.68. The number of carboxylic acids is 1. The second kappa shape index (κ2) is 21.7. The fourth-order valence-electron chi connectivity index (χ4n) is 6.82. The van der Waals surface area contributed by atoms with Gasteiger partial charge in [-0.3, -0.25) is 33.7 Å². The van der Waals surface area contributed by atoms with Gasteiger partial charge in [0.1, 0.15) is 22.5 Å². The number of hydrogen-bond donors (Lipinski definition) is 4. The number of aromatic nitrogens is 1. The van der Waals surface area contributed by atoms with Crippen molar-refractivity contribution >= 4 is 47.0 Å². The molecule has 1 saturated heterocycles. The van der Waals surface area contributed by atoms with E-state index >= 15 is 0 Å². The van der Waals surface area contributed by atoms with Gasteiger partial charge < -0.3 is 35.2 Å². The zero-order valence-corrected chi connectivity index (χ0v) is 34.6. The molecule has 1 fully saturated rings. The maximum Gasteiger partial charge on any atom is 0.306 e. The van der Waals surface area contributed by atoms with E-state index in [9.17, 15) is 39.0 Å². The number of piperidine rings is 1. The van der Waals surface area contributed by atoms with Gasteiger partial charge >= 0.3 is 17.9 Å². The molecular formula is C40H59N5O10S. The van der Waals surface area contributed by atoms with E-state index < -0.39 is 66.6 Å². The molecule has 0 bridgehead atoms. The van der Waals surface area contributed by atoms with Crippen molar-refractivity contribution in [3.63, 3.8) is 0 Å². The summed E-state index contributed by atoms with van der Waals surface area (Å²) in [6.45, 7) is 12.0. The molecule has 1 aromatic carbocycles. The smallest absolute Gasteiger partial charge is 0.306 e. The van der Waals surface area contributed by atoms with Gasteiger partial charge in [-0.25, -0.2) is 4.98 Å². The molecule has 1 aliphatic heterocycles. The van der Waals surface area contributed by atoms with Crippen LogP contribution in [0.15, 0.2) is 29.6 Å². The number of aliphatic carboxylic acids is 1. The molecule has 2 heterocycles. The first-order valence-corrected chi connectivity index (χ1v) is 20.2. The molecule has 16 heteroatoms. The molecule has 310 valence electrons. The number of benzene rings is 1. The predicted octanol–water partition coefficient (Wildman–Crippen LogP) is 4.68. The van der Waals surface area contributed by atoms with E-state index in [2.05, 4.69) is 15.6 Å². The van der Waals surface area contributed by atoms with Gasteiger partial charge in [0.05, 0.1) is 12.0 Å². The van der Waals surface area contributed by atoms with E-state index in [1.807, 2.05) is 39.6 Å². The van der Waals surface area contributed by atoms with Crippen molar-refractivity contribution in [2.45, 2.75) is 124 Å².